The molecule has 0 aliphatic heterocycles. The molecular weight excluding hydrogens is 232 g/mol. The molecular formula is C14H18O2S. The van der Waals surface area contributed by atoms with Crippen LogP contribution >= 0.6 is 11.8 Å². The summed E-state index contributed by atoms with van der Waals surface area (Å²) in [7, 11) is 1.45. The highest BCUT2D eigenvalue weighted by molar-refractivity contribution is 7.99. The van der Waals surface area contributed by atoms with Gasteiger partial charge in [0.25, 0.3) is 0 Å². The van der Waals surface area contributed by atoms with Gasteiger partial charge in [-0.15, -0.1) is 0 Å². The fraction of sp³-hybridized carbons (Fsp3) is 0.500. The zero-order valence-electron chi connectivity index (χ0n) is 10.3. The maximum absolute atomic E-state index is 11.2. The van der Waals surface area contributed by atoms with Crippen molar-refractivity contribution in [2.24, 2.45) is 5.92 Å². The molecule has 1 aliphatic rings. The highest BCUT2D eigenvalue weighted by Crippen LogP contribution is 2.37. The molecule has 0 heterocycles. The lowest BCUT2D eigenvalue weighted by Gasteiger charge is -2.29. The lowest BCUT2D eigenvalue weighted by molar-refractivity contribution is -0.143. The van der Waals surface area contributed by atoms with Crippen molar-refractivity contribution in [3.8, 4) is 0 Å². The SMILES string of the molecule is COC(=O)C(C)CSCC1Cc2ccccc21. The summed E-state index contributed by atoms with van der Waals surface area (Å²) in [5.74, 6) is 2.54. The number of fused-ring (bicyclic) bond motifs is 1. The summed E-state index contributed by atoms with van der Waals surface area (Å²) in [5.41, 5.74) is 2.98. The second-order valence-corrected chi connectivity index (χ2v) is 5.64. The van der Waals surface area contributed by atoms with Crippen molar-refractivity contribution in [3.63, 3.8) is 0 Å². The van der Waals surface area contributed by atoms with E-state index in [4.69, 9.17) is 4.74 Å². The maximum atomic E-state index is 11.2. The molecule has 2 rings (SSSR count). The Morgan fingerprint density at radius 1 is 1.53 bits per heavy atom. The van der Waals surface area contributed by atoms with Crippen molar-refractivity contribution in [1.82, 2.24) is 0 Å². The van der Waals surface area contributed by atoms with Crippen molar-refractivity contribution in [2.75, 3.05) is 18.6 Å². The van der Waals surface area contributed by atoms with Gasteiger partial charge in [0.2, 0.25) is 0 Å². The number of hydrogen-bond donors (Lipinski definition) is 0. The standard InChI is InChI=1S/C14H18O2S/c1-10(14(15)16-2)8-17-9-12-7-11-5-3-4-6-13(11)12/h3-6,10,12H,7-9H2,1-2H3. The predicted octanol–water partition coefficient (Wildman–Crippen LogP) is 2.87. The Morgan fingerprint density at radius 3 is 3.00 bits per heavy atom. The molecule has 0 saturated carbocycles. The Hall–Kier alpha value is -0.960. The highest BCUT2D eigenvalue weighted by atomic mass is 32.2. The summed E-state index contributed by atoms with van der Waals surface area (Å²) in [6.07, 6.45) is 1.19. The van der Waals surface area contributed by atoms with Crippen LogP contribution in [0.1, 0.15) is 24.0 Å². The monoisotopic (exact) mass is 250 g/mol. The first-order valence-corrected chi connectivity index (χ1v) is 7.11. The van der Waals surface area contributed by atoms with E-state index < -0.39 is 0 Å². The molecule has 0 radical (unpaired) electrons. The molecule has 0 bridgehead atoms. The zero-order valence-corrected chi connectivity index (χ0v) is 11.1. The fourth-order valence-electron chi connectivity index (χ4n) is 2.17. The molecule has 1 aromatic rings. The minimum Gasteiger partial charge on any atom is -0.469 e. The van der Waals surface area contributed by atoms with Gasteiger partial charge in [0.1, 0.15) is 0 Å². The third-order valence-electron chi connectivity index (χ3n) is 3.25. The van der Waals surface area contributed by atoms with Crippen LogP contribution in [0.5, 0.6) is 0 Å². The molecule has 3 heteroatoms. The molecule has 0 saturated heterocycles. The van der Waals surface area contributed by atoms with Crippen LogP contribution in [-0.2, 0) is 16.0 Å². The molecule has 0 amide bonds. The van der Waals surface area contributed by atoms with Crippen LogP contribution in [0.3, 0.4) is 0 Å². The van der Waals surface area contributed by atoms with Crippen LogP contribution in [0, 0.1) is 5.92 Å². The second-order valence-electron chi connectivity index (χ2n) is 4.56. The maximum Gasteiger partial charge on any atom is 0.309 e. The van der Waals surface area contributed by atoms with Crippen LogP contribution < -0.4 is 0 Å². The first kappa shape index (κ1) is 12.5. The molecule has 17 heavy (non-hydrogen) atoms. The number of carbonyl (C=O) groups excluding carboxylic acids is 1. The number of esters is 1. The number of hydrogen-bond acceptors (Lipinski definition) is 3. The van der Waals surface area contributed by atoms with Gasteiger partial charge in [0.05, 0.1) is 13.0 Å². The molecule has 2 nitrogen and oxygen atoms in total. The minimum atomic E-state index is -0.105. The van der Waals surface area contributed by atoms with Crippen molar-refractivity contribution in [2.45, 2.75) is 19.3 Å². The normalized spacial score (nSPS) is 19.1. The summed E-state index contributed by atoms with van der Waals surface area (Å²) < 4.78 is 4.71. The van der Waals surface area contributed by atoms with Crippen molar-refractivity contribution >= 4 is 17.7 Å². The van der Waals surface area contributed by atoms with E-state index >= 15 is 0 Å². The molecule has 0 N–H and O–H groups in total. The van der Waals surface area contributed by atoms with E-state index in [1.165, 1.54) is 24.7 Å². The van der Waals surface area contributed by atoms with E-state index in [9.17, 15) is 4.79 Å². The average molecular weight is 250 g/mol. The lowest BCUT2D eigenvalue weighted by Crippen LogP contribution is -2.20. The number of thioether (sulfide) groups is 1. The highest BCUT2D eigenvalue weighted by Gasteiger charge is 2.25. The predicted molar refractivity (Wildman–Crippen MR) is 71.4 cm³/mol. The van der Waals surface area contributed by atoms with E-state index in [0.717, 1.165) is 11.5 Å². The third-order valence-corrected chi connectivity index (χ3v) is 4.63. The molecule has 0 fully saturated rings. The van der Waals surface area contributed by atoms with Crippen LogP contribution in [0.25, 0.3) is 0 Å². The van der Waals surface area contributed by atoms with Crippen molar-refractivity contribution in [1.29, 1.82) is 0 Å². The number of benzene rings is 1. The topological polar surface area (TPSA) is 26.3 Å². The Kier molecular flexibility index (Phi) is 4.11. The van der Waals surface area contributed by atoms with Crippen molar-refractivity contribution < 1.29 is 9.53 Å². The fourth-order valence-corrected chi connectivity index (χ4v) is 3.38. The number of rotatable bonds is 5. The minimum absolute atomic E-state index is 0.000297. The van der Waals surface area contributed by atoms with Gasteiger partial charge >= 0.3 is 5.97 Å². The Labute approximate surface area is 107 Å². The summed E-state index contributed by atoms with van der Waals surface area (Å²) in [4.78, 5) is 11.2. The molecule has 1 aromatic carbocycles. The van der Waals surface area contributed by atoms with Gasteiger partial charge in [-0.3, -0.25) is 4.79 Å². The van der Waals surface area contributed by atoms with Gasteiger partial charge in [-0.1, -0.05) is 31.2 Å². The number of ether oxygens (including phenoxy) is 1. The molecule has 0 aromatic heterocycles. The molecule has 0 spiro atoms. The Balaban J connectivity index is 1.73. The average Bonchev–Trinajstić information content (AvgIpc) is 2.33. The first-order chi connectivity index (χ1) is 8.22. The van der Waals surface area contributed by atoms with Crippen LogP contribution in [0.2, 0.25) is 0 Å². The molecule has 2 unspecified atom stereocenters. The van der Waals surface area contributed by atoms with Crippen molar-refractivity contribution in [3.05, 3.63) is 35.4 Å². The zero-order chi connectivity index (χ0) is 12.3. The largest absolute Gasteiger partial charge is 0.469 e. The van der Waals surface area contributed by atoms with Gasteiger partial charge in [-0.2, -0.15) is 11.8 Å². The van der Waals surface area contributed by atoms with Gasteiger partial charge in [0.15, 0.2) is 0 Å². The third kappa shape index (κ3) is 2.83. The van der Waals surface area contributed by atoms with Crippen LogP contribution in [-0.4, -0.2) is 24.6 Å². The van der Waals surface area contributed by atoms with Gasteiger partial charge < -0.3 is 4.74 Å². The molecule has 1 aliphatic carbocycles. The molecule has 92 valence electrons. The summed E-state index contributed by atoms with van der Waals surface area (Å²) in [6, 6.07) is 8.62. The summed E-state index contributed by atoms with van der Waals surface area (Å²) in [6.45, 7) is 1.92. The lowest BCUT2D eigenvalue weighted by atomic mass is 9.79. The van der Waals surface area contributed by atoms with E-state index in [0.29, 0.717) is 5.92 Å². The van der Waals surface area contributed by atoms with E-state index in [-0.39, 0.29) is 11.9 Å². The first-order valence-electron chi connectivity index (χ1n) is 5.95. The van der Waals surface area contributed by atoms with E-state index in [2.05, 4.69) is 24.3 Å². The van der Waals surface area contributed by atoms with Crippen LogP contribution in [0.4, 0.5) is 0 Å². The smallest absolute Gasteiger partial charge is 0.309 e. The quantitative estimate of drug-likeness (QED) is 0.752. The second kappa shape index (κ2) is 5.58. The van der Waals surface area contributed by atoms with Crippen LogP contribution in [0.15, 0.2) is 24.3 Å². The summed E-state index contributed by atoms with van der Waals surface area (Å²) >= 11 is 1.85. The Bertz CT molecular complexity index is 403. The Morgan fingerprint density at radius 2 is 2.29 bits per heavy atom. The van der Waals surface area contributed by atoms with Gasteiger partial charge in [0, 0.05) is 11.5 Å². The number of carbonyl (C=O) groups is 1. The van der Waals surface area contributed by atoms with Gasteiger partial charge in [-0.05, 0) is 23.5 Å². The molecule has 2 atom stereocenters. The number of methoxy groups -OCH3 is 1. The van der Waals surface area contributed by atoms with Gasteiger partial charge in [-0.25, -0.2) is 0 Å². The van der Waals surface area contributed by atoms with E-state index in [1.807, 2.05) is 18.7 Å². The van der Waals surface area contributed by atoms with E-state index in [1.54, 1.807) is 0 Å². The summed E-state index contributed by atoms with van der Waals surface area (Å²) in [5, 5.41) is 0.